The Hall–Kier alpha value is -1.30. The molecule has 0 atom stereocenters. The highest BCUT2D eigenvalue weighted by Crippen LogP contribution is 2.08. The van der Waals surface area contributed by atoms with Crippen molar-refractivity contribution in [3.63, 3.8) is 0 Å². The van der Waals surface area contributed by atoms with E-state index in [1.54, 1.807) is 10.7 Å². The second kappa shape index (κ2) is 2.75. The van der Waals surface area contributed by atoms with Crippen molar-refractivity contribution in [2.24, 2.45) is 0 Å². The zero-order valence-corrected chi connectivity index (χ0v) is 7.00. The fourth-order valence-corrected chi connectivity index (χ4v) is 0.994. The number of nitriles is 1. The Morgan fingerprint density at radius 3 is 2.64 bits per heavy atom. The van der Waals surface area contributed by atoms with Gasteiger partial charge in [-0.2, -0.15) is 10.4 Å². The highest BCUT2D eigenvalue weighted by molar-refractivity contribution is 5.22. The van der Waals surface area contributed by atoms with Crippen molar-refractivity contribution in [3.05, 3.63) is 17.5 Å². The predicted molar refractivity (Wildman–Crippen MR) is 42.1 cm³/mol. The molecule has 0 unspecified atom stereocenters. The summed E-state index contributed by atoms with van der Waals surface area (Å²) in [5, 5.41) is 12.8. The Morgan fingerprint density at radius 2 is 2.27 bits per heavy atom. The van der Waals surface area contributed by atoms with Crippen molar-refractivity contribution in [3.8, 4) is 6.07 Å². The molecule has 58 valence electrons. The van der Waals surface area contributed by atoms with Crippen LogP contribution in [-0.2, 0) is 0 Å². The predicted octanol–water partition coefficient (Wildman–Crippen LogP) is 1.64. The van der Waals surface area contributed by atoms with Crippen molar-refractivity contribution in [2.45, 2.75) is 26.8 Å². The van der Waals surface area contributed by atoms with Gasteiger partial charge in [-0.15, -0.1) is 0 Å². The van der Waals surface area contributed by atoms with Crippen molar-refractivity contribution < 1.29 is 0 Å². The Bertz CT molecular complexity index is 291. The van der Waals surface area contributed by atoms with E-state index in [4.69, 9.17) is 5.26 Å². The van der Waals surface area contributed by atoms with Crippen LogP contribution in [0.25, 0.3) is 0 Å². The lowest BCUT2D eigenvalue weighted by Gasteiger charge is -2.04. The molecule has 0 radical (unpaired) electrons. The average Bonchev–Trinajstić information content (AvgIpc) is 2.30. The fraction of sp³-hybridized carbons (Fsp3) is 0.500. The van der Waals surface area contributed by atoms with Crippen LogP contribution in [0, 0.1) is 18.3 Å². The first-order chi connectivity index (χ1) is 5.15. The molecule has 1 rings (SSSR count). The first kappa shape index (κ1) is 7.80. The Kier molecular flexibility index (Phi) is 1.95. The summed E-state index contributed by atoms with van der Waals surface area (Å²) < 4.78 is 1.73. The van der Waals surface area contributed by atoms with Crippen LogP contribution in [0.3, 0.4) is 0 Å². The molecule has 0 N–H and O–H groups in total. The Balaban J connectivity index is 3.15. The first-order valence-corrected chi connectivity index (χ1v) is 3.61. The average molecular weight is 149 g/mol. The van der Waals surface area contributed by atoms with E-state index in [1.165, 1.54) is 0 Å². The van der Waals surface area contributed by atoms with Crippen LogP contribution < -0.4 is 0 Å². The van der Waals surface area contributed by atoms with Crippen molar-refractivity contribution in [1.29, 1.82) is 5.26 Å². The summed E-state index contributed by atoms with van der Waals surface area (Å²) in [4.78, 5) is 0. The summed E-state index contributed by atoms with van der Waals surface area (Å²) in [6.07, 6.45) is 0. The molecule has 0 aromatic carbocycles. The lowest BCUT2D eigenvalue weighted by Crippen LogP contribution is -2.05. The highest BCUT2D eigenvalue weighted by Gasteiger charge is 2.06. The largest absolute Gasteiger partial charge is 0.252 e. The summed E-state index contributed by atoms with van der Waals surface area (Å²) in [5.74, 6) is 0. The summed E-state index contributed by atoms with van der Waals surface area (Å²) >= 11 is 0. The molecule has 0 bridgehead atoms. The van der Waals surface area contributed by atoms with E-state index in [-0.39, 0.29) is 6.04 Å². The Labute approximate surface area is 66.3 Å². The topological polar surface area (TPSA) is 41.6 Å². The maximum atomic E-state index is 8.67. The molecular weight excluding hydrogens is 138 g/mol. The van der Waals surface area contributed by atoms with Gasteiger partial charge in [-0.3, -0.25) is 4.68 Å². The fourth-order valence-electron chi connectivity index (χ4n) is 0.994. The normalized spacial score (nSPS) is 10.1. The van der Waals surface area contributed by atoms with Crippen LogP contribution in [0.1, 0.15) is 31.3 Å². The van der Waals surface area contributed by atoms with Gasteiger partial charge in [-0.1, -0.05) is 0 Å². The molecule has 0 saturated heterocycles. The second-order valence-corrected chi connectivity index (χ2v) is 2.82. The number of hydrogen-bond acceptors (Lipinski definition) is 2. The third-order valence-corrected chi connectivity index (χ3v) is 1.46. The number of aryl methyl sites for hydroxylation is 1. The Morgan fingerprint density at radius 1 is 1.64 bits per heavy atom. The van der Waals surface area contributed by atoms with Crippen LogP contribution in [0.5, 0.6) is 0 Å². The van der Waals surface area contributed by atoms with Crippen molar-refractivity contribution in [2.75, 3.05) is 0 Å². The molecule has 0 aliphatic rings. The zero-order chi connectivity index (χ0) is 8.43. The van der Waals surface area contributed by atoms with Gasteiger partial charge in [-0.05, 0) is 26.8 Å². The molecule has 1 aromatic heterocycles. The standard InChI is InChI=1S/C8H11N3/c1-6(2)11-8(5-9)4-7(3)10-11/h4,6H,1-3H3. The molecule has 11 heavy (non-hydrogen) atoms. The smallest absolute Gasteiger partial charge is 0.139 e. The minimum atomic E-state index is 0.262. The molecule has 3 heteroatoms. The maximum Gasteiger partial charge on any atom is 0.139 e. The number of rotatable bonds is 1. The van der Waals surface area contributed by atoms with Gasteiger partial charge in [-0.25, -0.2) is 0 Å². The SMILES string of the molecule is Cc1cc(C#N)n(C(C)C)n1. The van der Waals surface area contributed by atoms with Crippen LogP contribution in [0.2, 0.25) is 0 Å². The molecular formula is C8H11N3. The van der Waals surface area contributed by atoms with E-state index in [0.29, 0.717) is 5.69 Å². The van der Waals surface area contributed by atoms with Gasteiger partial charge in [0, 0.05) is 6.04 Å². The zero-order valence-electron chi connectivity index (χ0n) is 7.00. The molecule has 0 aliphatic carbocycles. The second-order valence-electron chi connectivity index (χ2n) is 2.82. The van der Waals surface area contributed by atoms with Crippen LogP contribution in [0.4, 0.5) is 0 Å². The molecule has 0 spiro atoms. The summed E-state index contributed by atoms with van der Waals surface area (Å²) in [7, 11) is 0. The molecule has 0 fully saturated rings. The van der Waals surface area contributed by atoms with E-state index in [0.717, 1.165) is 5.69 Å². The third-order valence-electron chi connectivity index (χ3n) is 1.46. The van der Waals surface area contributed by atoms with Crippen LogP contribution in [0.15, 0.2) is 6.07 Å². The van der Waals surface area contributed by atoms with Crippen LogP contribution in [-0.4, -0.2) is 9.78 Å². The quantitative estimate of drug-likeness (QED) is 0.609. The van der Waals surface area contributed by atoms with Gasteiger partial charge in [0.05, 0.1) is 5.69 Å². The van der Waals surface area contributed by atoms with Gasteiger partial charge in [0.2, 0.25) is 0 Å². The van der Waals surface area contributed by atoms with Crippen molar-refractivity contribution in [1.82, 2.24) is 9.78 Å². The minimum Gasteiger partial charge on any atom is -0.252 e. The molecule has 0 aliphatic heterocycles. The molecule has 1 aromatic rings. The van der Waals surface area contributed by atoms with Gasteiger partial charge in [0.15, 0.2) is 0 Å². The van der Waals surface area contributed by atoms with Gasteiger partial charge < -0.3 is 0 Å². The third kappa shape index (κ3) is 1.40. The summed E-state index contributed by atoms with van der Waals surface area (Å²) in [5.41, 5.74) is 1.53. The van der Waals surface area contributed by atoms with E-state index in [1.807, 2.05) is 20.8 Å². The van der Waals surface area contributed by atoms with Crippen molar-refractivity contribution >= 4 is 0 Å². The monoisotopic (exact) mass is 149 g/mol. The lowest BCUT2D eigenvalue weighted by molar-refractivity contribution is 0.523. The highest BCUT2D eigenvalue weighted by atomic mass is 15.3. The number of hydrogen-bond donors (Lipinski definition) is 0. The summed E-state index contributed by atoms with van der Waals surface area (Å²) in [6.45, 7) is 5.90. The molecule has 0 saturated carbocycles. The maximum absolute atomic E-state index is 8.67. The minimum absolute atomic E-state index is 0.262. The summed E-state index contributed by atoms with van der Waals surface area (Å²) in [6, 6.07) is 4.15. The molecule has 0 amide bonds. The molecule has 3 nitrogen and oxygen atoms in total. The van der Waals surface area contributed by atoms with Gasteiger partial charge in [0.1, 0.15) is 11.8 Å². The lowest BCUT2D eigenvalue weighted by atomic mass is 10.3. The van der Waals surface area contributed by atoms with E-state index >= 15 is 0 Å². The van der Waals surface area contributed by atoms with Gasteiger partial charge >= 0.3 is 0 Å². The first-order valence-electron chi connectivity index (χ1n) is 3.61. The number of nitrogens with zero attached hydrogens (tertiary/aromatic N) is 3. The molecule has 1 heterocycles. The van der Waals surface area contributed by atoms with E-state index < -0.39 is 0 Å². The van der Waals surface area contributed by atoms with E-state index in [2.05, 4.69) is 11.2 Å². The van der Waals surface area contributed by atoms with Crippen LogP contribution >= 0.6 is 0 Å². The number of aromatic nitrogens is 2. The van der Waals surface area contributed by atoms with Gasteiger partial charge in [0.25, 0.3) is 0 Å². The van der Waals surface area contributed by atoms with E-state index in [9.17, 15) is 0 Å².